The lowest BCUT2D eigenvalue weighted by Gasteiger charge is -2.21. The third kappa shape index (κ3) is 3.04. The molecule has 0 spiro atoms. The summed E-state index contributed by atoms with van der Waals surface area (Å²) in [5.74, 6) is -1.16. The van der Waals surface area contributed by atoms with Crippen LogP contribution < -0.4 is 5.32 Å². The molecule has 0 saturated carbocycles. The van der Waals surface area contributed by atoms with E-state index in [2.05, 4.69) is 26.2 Å². The summed E-state index contributed by atoms with van der Waals surface area (Å²) >= 11 is 3.09. The van der Waals surface area contributed by atoms with Crippen molar-refractivity contribution in [1.82, 2.24) is 10.3 Å². The standard InChI is InChI=1S/C15H15BrF2N2/c1-3-20-15(11-8-19-5-4-9(11)2)14-12(17)6-10(16)7-13(14)18/h4-8,15,20H,3H2,1-2H3. The number of pyridine rings is 1. The van der Waals surface area contributed by atoms with Crippen molar-refractivity contribution >= 4 is 15.9 Å². The molecule has 2 nitrogen and oxygen atoms in total. The highest BCUT2D eigenvalue weighted by Crippen LogP contribution is 2.30. The van der Waals surface area contributed by atoms with Crippen LogP contribution in [0.25, 0.3) is 0 Å². The highest BCUT2D eigenvalue weighted by atomic mass is 79.9. The number of rotatable bonds is 4. The molecule has 0 aliphatic rings. The molecule has 0 fully saturated rings. The van der Waals surface area contributed by atoms with Gasteiger partial charge in [-0.25, -0.2) is 8.78 Å². The lowest BCUT2D eigenvalue weighted by Crippen LogP contribution is -2.25. The molecule has 5 heteroatoms. The van der Waals surface area contributed by atoms with Crippen LogP contribution in [0.5, 0.6) is 0 Å². The van der Waals surface area contributed by atoms with Crippen molar-refractivity contribution < 1.29 is 8.78 Å². The summed E-state index contributed by atoms with van der Waals surface area (Å²) in [6.07, 6.45) is 3.31. The first-order valence-corrected chi connectivity index (χ1v) is 7.12. The average Bonchev–Trinajstić information content (AvgIpc) is 2.37. The number of benzene rings is 1. The lowest BCUT2D eigenvalue weighted by molar-refractivity contribution is 0.508. The van der Waals surface area contributed by atoms with Crippen LogP contribution in [0.15, 0.2) is 35.1 Å². The zero-order chi connectivity index (χ0) is 14.7. The minimum absolute atomic E-state index is 0.0196. The van der Waals surface area contributed by atoms with Crippen molar-refractivity contribution in [1.29, 1.82) is 0 Å². The Morgan fingerprint density at radius 1 is 1.30 bits per heavy atom. The van der Waals surface area contributed by atoms with E-state index < -0.39 is 17.7 Å². The van der Waals surface area contributed by atoms with E-state index in [9.17, 15) is 8.78 Å². The normalized spacial score (nSPS) is 12.4. The van der Waals surface area contributed by atoms with E-state index in [1.807, 2.05) is 19.9 Å². The molecule has 1 unspecified atom stereocenters. The Hall–Kier alpha value is -1.33. The Morgan fingerprint density at radius 3 is 2.50 bits per heavy atom. The van der Waals surface area contributed by atoms with Crippen molar-refractivity contribution in [3.63, 3.8) is 0 Å². The average molecular weight is 341 g/mol. The van der Waals surface area contributed by atoms with E-state index in [0.29, 0.717) is 11.0 Å². The molecule has 1 heterocycles. The molecule has 106 valence electrons. The molecular formula is C15H15BrF2N2. The third-order valence-electron chi connectivity index (χ3n) is 3.13. The van der Waals surface area contributed by atoms with Gasteiger partial charge in [-0.05, 0) is 42.8 Å². The van der Waals surface area contributed by atoms with Crippen LogP contribution in [0.1, 0.15) is 29.7 Å². The Kier molecular flexibility index (Phi) is 4.83. The summed E-state index contributed by atoms with van der Waals surface area (Å²) < 4.78 is 28.7. The highest BCUT2D eigenvalue weighted by Gasteiger charge is 2.23. The minimum Gasteiger partial charge on any atom is -0.306 e. The predicted molar refractivity (Wildman–Crippen MR) is 78.6 cm³/mol. The Morgan fingerprint density at radius 2 is 1.95 bits per heavy atom. The third-order valence-corrected chi connectivity index (χ3v) is 3.59. The van der Waals surface area contributed by atoms with Gasteiger partial charge in [-0.15, -0.1) is 0 Å². The molecule has 1 aromatic carbocycles. The van der Waals surface area contributed by atoms with Gasteiger partial charge in [-0.2, -0.15) is 0 Å². The molecular weight excluding hydrogens is 326 g/mol. The first kappa shape index (κ1) is 15.1. The zero-order valence-electron chi connectivity index (χ0n) is 11.3. The van der Waals surface area contributed by atoms with Crippen molar-refractivity contribution in [2.24, 2.45) is 0 Å². The van der Waals surface area contributed by atoms with Gasteiger partial charge in [-0.1, -0.05) is 22.9 Å². The number of hydrogen-bond acceptors (Lipinski definition) is 2. The van der Waals surface area contributed by atoms with Crippen LogP contribution in [0, 0.1) is 18.6 Å². The first-order chi connectivity index (χ1) is 9.54. The summed E-state index contributed by atoms with van der Waals surface area (Å²) in [5.41, 5.74) is 1.73. The van der Waals surface area contributed by atoms with Crippen LogP contribution in [0.3, 0.4) is 0 Å². The van der Waals surface area contributed by atoms with E-state index in [1.54, 1.807) is 12.4 Å². The quantitative estimate of drug-likeness (QED) is 0.905. The maximum atomic E-state index is 14.2. The van der Waals surface area contributed by atoms with Gasteiger partial charge in [0.1, 0.15) is 11.6 Å². The van der Waals surface area contributed by atoms with Gasteiger partial charge in [0, 0.05) is 22.4 Å². The summed E-state index contributed by atoms with van der Waals surface area (Å²) in [5, 5.41) is 3.12. The molecule has 2 aromatic rings. The Bertz CT molecular complexity index is 594. The van der Waals surface area contributed by atoms with Crippen LogP contribution in [-0.2, 0) is 0 Å². The number of aryl methyl sites for hydroxylation is 1. The molecule has 0 aliphatic heterocycles. The van der Waals surface area contributed by atoms with Crippen LogP contribution >= 0.6 is 15.9 Å². The molecule has 1 atom stereocenters. The zero-order valence-corrected chi connectivity index (χ0v) is 12.8. The minimum atomic E-state index is -0.578. The van der Waals surface area contributed by atoms with E-state index in [-0.39, 0.29) is 5.56 Å². The molecule has 0 aliphatic carbocycles. The summed E-state index contributed by atoms with van der Waals surface area (Å²) in [4.78, 5) is 4.06. The SMILES string of the molecule is CCNC(c1cnccc1C)c1c(F)cc(Br)cc1F. The van der Waals surface area contributed by atoms with E-state index in [4.69, 9.17) is 0 Å². The molecule has 1 N–H and O–H groups in total. The maximum absolute atomic E-state index is 14.2. The summed E-state index contributed by atoms with van der Waals surface area (Å²) in [6, 6.07) is 3.82. The monoisotopic (exact) mass is 340 g/mol. The molecule has 0 amide bonds. The van der Waals surface area contributed by atoms with Crippen LogP contribution in [0.4, 0.5) is 8.78 Å². The maximum Gasteiger partial charge on any atom is 0.132 e. The van der Waals surface area contributed by atoms with Crippen molar-refractivity contribution in [2.45, 2.75) is 19.9 Å². The number of nitrogens with zero attached hydrogens (tertiary/aromatic N) is 1. The van der Waals surface area contributed by atoms with Gasteiger partial charge in [0.25, 0.3) is 0 Å². The number of nitrogens with one attached hydrogen (secondary N) is 1. The van der Waals surface area contributed by atoms with Gasteiger partial charge >= 0.3 is 0 Å². The van der Waals surface area contributed by atoms with Gasteiger partial charge in [0.15, 0.2) is 0 Å². The van der Waals surface area contributed by atoms with Crippen LogP contribution in [0.2, 0.25) is 0 Å². The largest absolute Gasteiger partial charge is 0.306 e. The molecule has 0 radical (unpaired) electrons. The molecule has 2 rings (SSSR count). The van der Waals surface area contributed by atoms with Crippen molar-refractivity contribution in [3.05, 3.63) is 63.4 Å². The Labute approximate surface area is 125 Å². The van der Waals surface area contributed by atoms with Crippen molar-refractivity contribution in [2.75, 3.05) is 6.54 Å². The molecule has 0 bridgehead atoms. The summed E-state index contributed by atoms with van der Waals surface area (Å²) in [7, 11) is 0. The molecule has 20 heavy (non-hydrogen) atoms. The van der Waals surface area contributed by atoms with E-state index >= 15 is 0 Å². The second kappa shape index (κ2) is 6.41. The first-order valence-electron chi connectivity index (χ1n) is 6.33. The second-order valence-corrected chi connectivity index (χ2v) is 5.42. The van der Waals surface area contributed by atoms with E-state index in [1.165, 1.54) is 12.1 Å². The fourth-order valence-electron chi connectivity index (χ4n) is 2.18. The van der Waals surface area contributed by atoms with Gasteiger partial charge in [0.05, 0.1) is 6.04 Å². The summed E-state index contributed by atoms with van der Waals surface area (Å²) in [6.45, 7) is 4.39. The lowest BCUT2D eigenvalue weighted by atomic mass is 9.96. The molecule has 0 saturated heterocycles. The van der Waals surface area contributed by atoms with E-state index in [0.717, 1.165) is 11.1 Å². The Balaban J connectivity index is 2.58. The predicted octanol–water partition coefficient (Wildman–Crippen LogP) is 4.13. The van der Waals surface area contributed by atoms with Gasteiger partial charge in [0.2, 0.25) is 0 Å². The number of halogens is 3. The number of hydrogen-bond donors (Lipinski definition) is 1. The second-order valence-electron chi connectivity index (χ2n) is 4.51. The number of aromatic nitrogens is 1. The fraction of sp³-hybridized carbons (Fsp3) is 0.267. The van der Waals surface area contributed by atoms with Crippen molar-refractivity contribution in [3.8, 4) is 0 Å². The highest BCUT2D eigenvalue weighted by molar-refractivity contribution is 9.10. The smallest absolute Gasteiger partial charge is 0.132 e. The topological polar surface area (TPSA) is 24.9 Å². The van der Waals surface area contributed by atoms with Gasteiger partial charge in [-0.3, -0.25) is 4.98 Å². The van der Waals surface area contributed by atoms with Crippen LogP contribution in [-0.4, -0.2) is 11.5 Å². The van der Waals surface area contributed by atoms with Gasteiger partial charge < -0.3 is 5.32 Å². The molecule has 1 aromatic heterocycles. The fourth-order valence-corrected chi connectivity index (χ4v) is 2.58.